The van der Waals surface area contributed by atoms with Crippen molar-refractivity contribution >= 4 is 35.0 Å². The molecule has 156 valence electrons. The van der Waals surface area contributed by atoms with Crippen molar-refractivity contribution in [2.75, 3.05) is 11.1 Å². The van der Waals surface area contributed by atoms with Gasteiger partial charge in [0.05, 0.1) is 27.7 Å². The van der Waals surface area contributed by atoms with Crippen LogP contribution in [0.25, 0.3) is 11.3 Å². The molecule has 0 aliphatic carbocycles. The van der Waals surface area contributed by atoms with Crippen LogP contribution in [0.5, 0.6) is 0 Å². The number of alkyl halides is 3. The van der Waals surface area contributed by atoms with Crippen LogP contribution in [0.2, 0.25) is 5.02 Å². The van der Waals surface area contributed by atoms with E-state index >= 15 is 0 Å². The van der Waals surface area contributed by atoms with Gasteiger partial charge in [-0.25, -0.2) is 0 Å². The van der Waals surface area contributed by atoms with E-state index in [0.29, 0.717) is 5.03 Å². The van der Waals surface area contributed by atoms with E-state index in [1.807, 2.05) is 38.1 Å². The van der Waals surface area contributed by atoms with Gasteiger partial charge in [-0.3, -0.25) is 4.79 Å². The van der Waals surface area contributed by atoms with Gasteiger partial charge in [0.2, 0.25) is 5.91 Å². The van der Waals surface area contributed by atoms with E-state index in [2.05, 4.69) is 15.5 Å². The molecule has 3 aromatic rings. The van der Waals surface area contributed by atoms with Gasteiger partial charge in [-0.05, 0) is 55.8 Å². The Balaban J connectivity index is 1.63. The zero-order chi connectivity index (χ0) is 21.9. The number of benzene rings is 2. The lowest BCUT2D eigenvalue weighted by Gasteiger charge is -2.11. The first-order valence-corrected chi connectivity index (χ1v) is 10.2. The topological polar surface area (TPSA) is 54.9 Å². The Morgan fingerprint density at radius 3 is 2.50 bits per heavy atom. The van der Waals surface area contributed by atoms with E-state index in [1.165, 1.54) is 0 Å². The smallest absolute Gasteiger partial charge is 0.324 e. The third-order valence-electron chi connectivity index (χ3n) is 4.23. The van der Waals surface area contributed by atoms with Gasteiger partial charge in [0.1, 0.15) is 5.03 Å². The molecule has 0 saturated carbocycles. The van der Waals surface area contributed by atoms with Crippen LogP contribution in [0.3, 0.4) is 0 Å². The monoisotopic (exact) mass is 451 g/mol. The van der Waals surface area contributed by atoms with E-state index < -0.39 is 17.6 Å². The van der Waals surface area contributed by atoms with Gasteiger partial charge in [0.15, 0.2) is 0 Å². The van der Waals surface area contributed by atoms with E-state index in [0.717, 1.165) is 52.3 Å². The Hall–Kier alpha value is -2.58. The van der Waals surface area contributed by atoms with Crippen LogP contribution < -0.4 is 5.32 Å². The standard InChI is InChI=1S/C21H17ClF3N3OS/c1-12-3-4-13(2)15(9-12)17-7-8-20(28-27-17)30-11-19(29)26-18-10-14(21(23,24)25)5-6-16(18)22/h3-10H,11H2,1-2H3,(H,26,29). The fourth-order valence-electron chi connectivity index (χ4n) is 2.68. The SMILES string of the molecule is Cc1ccc(C)c(-c2ccc(SCC(=O)Nc3cc(C(F)(F)F)ccc3Cl)nn2)c1. The van der Waals surface area contributed by atoms with Crippen LogP contribution in [0.15, 0.2) is 53.6 Å². The second-order valence-electron chi connectivity index (χ2n) is 6.60. The van der Waals surface area contributed by atoms with E-state index in [9.17, 15) is 18.0 Å². The van der Waals surface area contributed by atoms with Gasteiger partial charge in [-0.2, -0.15) is 13.2 Å². The number of aryl methyl sites for hydroxylation is 2. The molecule has 0 aliphatic rings. The maximum Gasteiger partial charge on any atom is 0.416 e. The van der Waals surface area contributed by atoms with Crippen LogP contribution in [-0.4, -0.2) is 21.9 Å². The number of rotatable bonds is 5. The second-order valence-corrected chi connectivity index (χ2v) is 8.01. The number of nitrogens with one attached hydrogen (secondary N) is 1. The van der Waals surface area contributed by atoms with Gasteiger partial charge in [-0.15, -0.1) is 10.2 Å². The summed E-state index contributed by atoms with van der Waals surface area (Å²) in [5, 5.41) is 11.3. The molecule has 0 atom stereocenters. The van der Waals surface area contributed by atoms with Crippen molar-refractivity contribution in [2.24, 2.45) is 0 Å². The largest absolute Gasteiger partial charge is 0.416 e. The number of nitrogens with zero attached hydrogens (tertiary/aromatic N) is 2. The van der Waals surface area contributed by atoms with Crippen molar-refractivity contribution in [1.29, 1.82) is 0 Å². The summed E-state index contributed by atoms with van der Waals surface area (Å²) < 4.78 is 38.5. The highest BCUT2D eigenvalue weighted by atomic mass is 35.5. The maximum atomic E-state index is 12.8. The van der Waals surface area contributed by atoms with E-state index in [1.54, 1.807) is 6.07 Å². The van der Waals surface area contributed by atoms with Crippen LogP contribution in [0.1, 0.15) is 16.7 Å². The molecule has 1 N–H and O–H groups in total. The number of halogens is 4. The molecular formula is C21H17ClF3N3OS. The summed E-state index contributed by atoms with van der Waals surface area (Å²) in [5.41, 5.74) is 2.92. The van der Waals surface area contributed by atoms with Gasteiger partial charge in [-0.1, -0.05) is 41.1 Å². The van der Waals surface area contributed by atoms with Crippen LogP contribution >= 0.6 is 23.4 Å². The molecule has 4 nitrogen and oxygen atoms in total. The molecule has 0 bridgehead atoms. The molecule has 0 saturated heterocycles. The van der Waals surface area contributed by atoms with E-state index in [4.69, 9.17) is 11.6 Å². The number of hydrogen-bond acceptors (Lipinski definition) is 4. The van der Waals surface area contributed by atoms with Gasteiger partial charge in [0, 0.05) is 5.56 Å². The van der Waals surface area contributed by atoms with Gasteiger partial charge in [0.25, 0.3) is 0 Å². The molecule has 1 amide bonds. The summed E-state index contributed by atoms with van der Waals surface area (Å²) >= 11 is 7.02. The van der Waals surface area contributed by atoms with Crippen molar-refractivity contribution < 1.29 is 18.0 Å². The van der Waals surface area contributed by atoms with E-state index in [-0.39, 0.29) is 16.5 Å². The lowest BCUT2D eigenvalue weighted by atomic mass is 10.0. The summed E-state index contributed by atoms with van der Waals surface area (Å²) in [6.07, 6.45) is -4.52. The first-order valence-electron chi connectivity index (χ1n) is 8.84. The number of thioether (sulfide) groups is 1. The molecule has 1 heterocycles. The summed E-state index contributed by atoms with van der Waals surface area (Å²) in [6, 6.07) is 12.4. The number of anilines is 1. The summed E-state index contributed by atoms with van der Waals surface area (Å²) in [7, 11) is 0. The third kappa shape index (κ3) is 5.52. The lowest BCUT2D eigenvalue weighted by Crippen LogP contribution is -2.15. The lowest BCUT2D eigenvalue weighted by molar-refractivity contribution is -0.137. The Morgan fingerprint density at radius 1 is 1.07 bits per heavy atom. The molecule has 1 aromatic heterocycles. The minimum atomic E-state index is -4.52. The minimum Gasteiger partial charge on any atom is -0.324 e. The Morgan fingerprint density at radius 2 is 1.83 bits per heavy atom. The molecule has 2 aromatic carbocycles. The van der Waals surface area contributed by atoms with Crippen LogP contribution in [0, 0.1) is 13.8 Å². The molecule has 0 spiro atoms. The van der Waals surface area contributed by atoms with Crippen molar-refractivity contribution in [2.45, 2.75) is 25.0 Å². The van der Waals surface area contributed by atoms with Crippen molar-refractivity contribution in [3.8, 4) is 11.3 Å². The molecule has 9 heteroatoms. The minimum absolute atomic E-state index is 0.0269. The summed E-state index contributed by atoms with van der Waals surface area (Å²) in [6.45, 7) is 3.98. The molecule has 0 unspecified atom stereocenters. The Bertz CT molecular complexity index is 1070. The Kier molecular flexibility index (Phi) is 6.67. The fourth-order valence-corrected chi connectivity index (χ4v) is 3.45. The number of amides is 1. The maximum absolute atomic E-state index is 12.8. The summed E-state index contributed by atoms with van der Waals surface area (Å²) in [4.78, 5) is 12.1. The highest BCUT2D eigenvalue weighted by molar-refractivity contribution is 7.99. The van der Waals surface area contributed by atoms with Crippen LogP contribution in [0.4, 0.5) is 18.9 Å². The molecule has 0 radical (unpaired) electrons. The zero-order valence-electron chi connectivity index (χ0n) is 16.0. The summed E-state index contributed by atoms with van der Waals surface area (Å²) in [5.74, 6) is -0.550. The second kappa shape index (κ2) is 9.06. The first kappa shape index (κ1) is 22.1. The quantitative estimate of drug-likeness (QED) is 0.472. The predicted molar refractivity (Wildman–Crippen MR) is 113 cm³/mol. The number of carbonyl (C=O) groups excluding carboxylic acids is 1. The van der Waals surface area contributed by atoms with Crippen molar-refractivity contribution in [3.63, 3.8) is 0 Å². The third-order valence-corrected chi connectivity index (χ3v) is 5.48. The number of aromatic nitrogens is 2. The molecular weight excluding hydrogens is 435 g/mol. The highest BCUT2D eigenvalue weighted by Crippen LogP contribution is 2.34. The van der Waals surface area contributed by atoms with Gasteiger partial charge < -0.3 is 5.32 Å². The average Bonchev–Trinajstić information content (AvgIpc) is 2.69. The van der Waals surface area contributed by atoms with Crippen molar-refractivity contribution in [3.05, 3.63) is 70.2 Å². The number of carbonyl (C=O) groups is 1. The molecule has 30 heavy (non-hydrogen) atoms. The molecule has 0 aliphatic heterocycles. The first-order chi connectivity index (χ1) is 14.1. The molecule has 0 fully saturated rings. The Labute approximate surface area is 180 Å². The normalized spacial score (nSPS) is 11.4. The highest BCUT2D eigenvalue weighted by Gasteiger charge is 2.31. The predicted octanol–water partition coefficient (Wildman–Crippen LogP) is 6.16. The fraction of sp³-hybridized carbons (Fsp3) is 0.190. The van der Waals surface area contributed by atoms with Gasteiger partial charge >= 0.3 is 6.18 Å². The molecule has 3 rings (SSSR count). The number of hydrogen-bond donors (Lipinski definition) is 1. The zero-order valence-corrected chi connectivity index (χ0v) is 17.6. The van der Waals surface area contributed by atoms with Crippen LogP contribution in [-0.2, 0) is 11.0 Å². The van der Waals surface area contributed by atoms with Crippen molar-refractivity contribution in [1.82, 2.24) is 10.2 Å². The average molecular weight is 452 g/mol.